The standard InChI is InChI=1S/C32H30FN3O5/c1-20-30(31(38)36(22-8-6-5-7-9-22)35(20)19-32(2,3)39)27(37)17-21-10-13-29(25(33)16-21)41-28-14-15-34-26-18-23(40-4)11-12-24(26)28/h5-16,18,39H,17,19H2,1-4H3. The van der Waals surface area contributed by atoms with E-state index in [2.05, 4.69) is 4.98 Å². The molecule has 0 unspecified atom stereocenters. The van der Waals surface area contributed by atoms with Crippen molar-refractivity contribution in [2.24, 2.45) is 0 Å². The van der Waals surface area contributed by atoms with E-state index in [9.17, 15) is 14.7 Å². The van der Waals surface area contributed by atoms with Crippen molar-refractivity contribution in [3.63, 3.8) is 0 Å². The van der Waals surface area contributed by atoms with Crippen molar-refractivity contribution in [3.8, 4) is 22.9 Å². The number of hydrogen-bond acceptors (Lipinski definition) is 6. The Morgan fingerprint density at radius 3 is 2.46 bits per heavy atom. The number of rotatable bonds is 9. The van der Waals surface area contributed by atoms with E-state index in [-0.39, 0.29) is 24.3 Å². The molecule has 1 N–H and O–H groups in total. The monoisotopic (exact) mass is 555 g/mol. The lowest BCUT2D eigenvalue weighted by Crippen LogP contribution is -2.32. The van der Waals surface area contributed by atoms with Gasteiger partial charge >= 0.3 is 0 Å². The van der Waals surface area contributed by atoms with Crippen LogP contribution in [0.15, 0.2) is 83.8 Å². The molecule has 0 atom stereocenters. The Bertz CT molecular complexity index is 1800. The van der Waals surface area contributed by atoms with Crippen LogP contribution < -0.4 is 15.0 Å². The number of carbonyl (C=O) groups excluding carboxylic acids is 1. The number of fused-ring (bicyclic) bond motifs is 1. The second kappa shape index (κ2) is 11.0. The van der Waals surface area contributed by atoms with Gasteiger partial charge in [0.1, 0.15) is 17.1 Å². The summed E-state index contributed by atoms with van der Waals surface area (Å²) in [5.74, 6) is -0.0433. The van der Waals surface area contributed by atoms with Crippen molar-refractivity contribution in [2.45, 2.75) is 39.3 Å². The van der Waals surface area contributed by atoms with Crippen LogP contribution in [-0.2, 0) is 13.0 Å². The predicted molar refractivity (Wildman–Crippen MR) is 154 cm³/mol. The molecule has 5 aromatic rings. The largest absolute Gasteiger partial charge is 0.497 e. The number of ether oxygens (including phenoxy) is 2. The second-order valence-corrected chi connectivity index (χ2v) is 10.4. The van der Waals surface area contributed by atoms with Crippen LogP contribution >= 0.6 is 0 Å². The highest BCUT2D eigenvalue weighted by atomic mass is 19.1. The number of carbonyl (C=O) groups is 1. The first-order valence-electron chi connectivity index (χ1n) is 13.1. The molecule has 2 heterocycles. The molecule has 0 saturated carbocycles. The molecule has 0 amide bonds. The summed E-state index contributed by atoms with van der Waals surface area (Å²) in [5, 5.41) is 11.2. The highest BCUT2D eigenvalue weighted by molar-refractivity contribution is 5.98. The van der Waals surface area contributed by atoms with E-state index in [1.807, 2.05) is 6.07 Å². The lowest BCUT2D eigenvalue weighted by Gasteiger charge is -2.22. The summed E-state index contributed by atoms with van der Waals surface area (Å²) in [4.78, 5) is 31.3. The summed E-state index contributed by atoms with van der Waals surface area (Å²) >= 11 is 0. The minimum absolute atomic E-state index is 0.00230. The molecule has 0 saturated heterocycles. The third kappa shape index (κ3) is 5.76. The van der Waals surface area contributed by atoms with Gasteiger partial charge in [-0.05, 0) is 68.8 Å². The SMILES string of the molecule is COc1ccc2c(Oc3ccc(CC(=O)c4c(C)n(CC(C)(C)O)n(-c5ccccc5)c4=O)cc3F)ccnc2c1. The summed E-state index contributed by atoms with van der Waals surface area (Å²) in [5.41, 5.74) is 0.383. The Morgan fingerprint density at radius 2 is 1.78 bits per heavy atom. The van der Waals surface area contributed by atoms with Crippen LogP contribution in [0, 0.1) is 12.7 Å². The zero-order valence-electron chi connectivity index (χ0n) is 23.2. The van der Waals surface area contributed by atoms with Crippen molar-refractivity contribution in [1.82, 2.24) is 14.3 Å². The van der Waals surface area contributed by atoms with Gasteiger partial charge in [-0.15, -0.1) is 0 Å². The van der Waals surface area contributed by atoms with Gasteiger partial charge in [-0.1, -0.05) is 24.3 Å². The van der Waals surface area contributed by atoms with E-state index in [1.165, 1.54) is 16.8 Å². The maximum atomic E-state index is 15.2. The molecule has 8 nitrogen and oxygen atoms in total. The van der Waals surface area contributed by atoms with Crippen molar-refractivity contribution in [3.05, 3.63) is 112 Å². The van der Waals surface area contributed by atoms with Crippen LogP contribution in [0.4, 0.5) is 4.39 Å². The number of aromatic nitrogens is 3. The van der Waals surface area contributed by atoms with E-state index in [0.717, 1.165) is 0 Å². The molecule has 0 aliphatic rings. The van der Waals surface area contributed by atoms with Crippen molar-refractivity contribution in [1.29, 1.82) is 0 Å². The average Bonchev–Trinajstić information content (AvgIpc) is 3.17. The summed E-state index contributed by atoms with van der Waals surface area (Å²) in [7, 11) is 1.56. The molecule has 0 spiro atoms. The highest BCUT2D eigenvalue weighted by Crippen LogP contribution is 2.32. The Kier molecular flexibility index (Phi) is 7.47. The molecule has 5 rings (SSSR count). The van der Waals surface area contributed by atoms with Gasteiger partial charge in [0.25, 0.3) is 5.56 Å². The third-order valence-corrected chi connectivity index (χ3v) is 6.70. The minimum atomic E-state index is -1.14. The first-order valence-corrected chi connectivity index (χ1v) is 13.1. The van der Waals surface area contributed by atoms with E-state index >= 15 is 4.39 Å². The fourth-order valence-corrected chi connectivity index (χ4v) is 4.80. The lowest BCUT2D eigenvalue weighted by atomic mass is 10.0. The fourth-order valence-electron chi connectivity index (χ4n) is 4.80. The predicted octanol–water partition coefficient (Wildman–Crippen LogP) is 5.63. The Hall–Kier alpha value is -4.76. The van der Waals surface area contributed by atoms with E-state index in [0.29, 0.717) is 39.3 Å². The van der Waals surface area contributed by atoms with Crippen LogP contribution in [0.5, 0.6) is 17.2 Å². The van der Waals surface area contributed by atoms with Crippen LogP contribution in [0.25, 0.3) is 16.6 Å². The molecule has 0 bridgehead atoms. The van der Waals surface area contributed by atoms with Gasteiger partial charge in [-0.25, -0.2) is 9.07 Å². The quantitative estimate of drug-likeness (QED) is 0.237. The molecule has 0 fully saturated rings. The molecular formula is C32H30FN3O5. The highest BCUT2D eigenvalue weighted by Gasteiger charge is 2.27. The topological polar surface area (TPSA) is 95.6 Å². The van der Waals surface area contributed by atoms with Crippen LogP contribution in [0.1, 0.15) is 35.5 Å². The van der Waals surface area contributed by atoms with Crippen molar-refractivity contribution < 1.29 is 23.8 Å². The van der Waals surface area contributed by atoms with Crippen molar-refractivity contribution in [2.75, 3.05) is 7.11 Å². The number of ketones is 1. The van der Waals surface area contributed by atoms with Gasteiger partial charge in [0.05, 0.1) is 30.5 Å². The Balaban J connectivity index is 1.43. The molecular weight excluding hydrogens is 525 g/mol. The van der Waals surface area contributed by atoms with Crippen LogP contribution in [0.2, 0.25) is 0 Å². The van der Waals surface area contributed by atoms with Gasteiger partial charge in [-0.2, -0.15) is 0 Å². The average molecular weight is 556 g/mol. The van der Waals surface area contributed by atoms with E-state index in [4.69, 9.17) is 9.47 Å². The van der Waals surface area contributed by atoms with Gasteiger partial charge < -0.3 is 14.6 Å². The molecule has 0 radical (unpaired) electrons. The molecule has 2 aromatic heterocycles. The van der Waals surface area contributed by atoms with Gasteiger partial charge in [0.2, 0.25) is 0 Å². The molecule has 9 heteroatoms. The van der Waals surface area contributed by atoms with E-state index in [1.54, 1.807) is 93.4 Å². The number of hydrogen-bond donors (Lipinski definition) is 1. The zero-order valence-corrected chi connectivity index (χ0v) is 23.2. The zero-order chi connectivity index (χ0) is 29.3. The number of para-hydroxylation sites is 1. The number of halogens is 1. The third-order valence-electron chi connectivity index (χ3n) is 6.70. The number of Topliss-reactive ketones (excluding diaryl/α,β-unsaturated/α-hetero) is 1. The molecule has 0 aliphatic heterocycles. The first kappa shape index (κ1) is 27.8. The van der Waals surface area contributed by atoms with Gasteiger partial charge in [0.15, 0.2) is 17.3 Å². The van der Waals surface area contributed by atoms with Crippen LogP contribution in [0.3, 0.4) is 0 Å². The maximum absolute atomic E-state index is 15.2. The number of pyridine rings is 1. The lowest BCUT2D eigenvalue weighted by molar-refractivity contribution is 0.0546. The number of methoxy groups -OCH3 is 1. The van der Waals surface area contributed by atoms with Gasteiger partial charge in [0, 0.05) is 29.8 Å². The summed E-state index contributed by atoms with van der Waals surface area (Å²) < 4.78 is 29.3. The smallest absolute Gasteiger partial charge is 0.282 e. The molecule has 0 aliphatic carbocycles. The minimum Gasteiger partial charge on any atom is -0.497 e. The summed E-state index contributed by atoms with van der Waals surface area (Å²) in [6.07, 6.45) is 1.38. The molecule has 3 aromatic carbocycles. The van der Waals surface area contributed by atoms with Crippen LogP contribution in [-0.4, -0.2) is 37.9 Å². The van der Waals surface area contributed by atoms with Crippen molar-refractivity contribution >= 4 is 16.7 Å². The normalized spacial score (nSPS) is 11.6. The number of benzene rings is 3. The number of aliphatic hydroxyl groups is 1. The number of nitrogens with zero attached hydrogens (tertiary/aromatic N) is 3. The molecule has 210 valence electrons. The fraction of sp³-hybridized carbons (Fsp3) is 0.219. The summed E-state index contributed by atoms with van der Waals surface area (Å²) in [6, 6.07) is 20.2. The maximum Gasteiger partial charge on any atom is 0.282 e. The molecule has 41 heavy (non-hydrogen) atoms. The van der Waals surface area contributed by atoms with E-state index < -0.39 is 22.8 Å². The Labute approximate surface area is 236 Å². The first-order chi connectivity index (χ1) is 19.6. The Morgan fingerprint density at radius 1 is 1.02 bits per heavy atom. The van der Waals surface area contributed by atoms with Gasteiger partial charge in [-0.3, -0.25) is 19.3 Å². The second-order valence-electron chi connectivity index (χ2n) is 10.4. The summed E-state index contributed by atoms with van der Waals surface area (Å²) in [6.45, 7) is 5.02.